The smallest absolute Gasteiger partial charge is 0.225 e. The highest BCUT2D eigenvalue weighted by molar-refractivity contribution is 5.39. The van der Waals surface area contributed by atoms with Gasteiger partial charge in [0.05, 0.1) is 13.2 Å². The Labute approximate surface area is 125 Å². The highest BCUT2D eigenvalue weighted by Crippen LogP contribution is 2.26. The van der Waals surface area contributed by atoms with Gasteiger partial charge in [0.2, 0.25) is 5.88 Å². The van der Waals surface area contributed by atoms with Crippen molar-refractivity contribution >= 4 is 0 Å². The SMILES string of the molecule is COCCc1ccc(Oc2nc(C)cc(C)c2CO)cc1. The maximum Gasteiger partial charge on any atom is 0.225 e. The van der Waals surface area contributed by atoms with E-state index in [1.165, 1.54) is 5.56 Å². The zero-order chi connectivity index (χ0) is 15.2. The molecule has 0 atom stereocenters. The molecule has 1 aromatic heterocycles. The molecule has 112 valence electrons. The van der Waals surface area contributed by atoms with Crippen LogP contribution in [0.3, 0.4) is 0 Å². The van der Waals surface area contributed by atoms with E-state index in [1.54, 1.807) is 7.11 Å². The first-order valence-corrected chi connectivity index (χ1v) is 6.97. The van der Waals surface area contributed by atoms with Crippen molar-refractivity contribution in [3.05, 3.63) is 52.7 Å². The van der Waals surface area contributed by atoms with E-state index >= 15 is 0 Å². The fourth-order valence-corrected chi connectivity index (χ4v) is 2.16. The van der Waals surface area contributed by atoms with Gasteiger partial charge in [0, 0.05) is 18.4 Å². The Bertz CT molecular complexity index is 594. The molecule has 0 amide bonds. The molecule has 1 heterocycles. The topological polar surface area (TPSA) is 51.6 Å². The molecule has 0 spiro atoms. The van der Waals surface area contributed by atoms with Crippen LogP contribution in [-0.2, 0) is 17.8 Å². The standard InChI is InChI=1S/C17H21NO3/c1-12-10-13(2)18-17(16(12)11-19)21-15-6-4-14(5-7-15)8-9-20-3/h4-7,10,19H,8-9,11H2,1-3H3. The van der Waals surface area contributed by atoms with E-state index in [4.69, 9.17) is 9.47 Å². The van der Waals surface area contributed by atoms with Crippen LogP contribution in [0.4, 0.5) is 0 Å². The van der Waals surface area contributed by atoms with Crippen LogP contribution in [0.15, 0.2) is 30.3 Å². The summed E-state index contributed by atoms with van der Waals surface area (Å²) in [6.45, 7) is 4.48. The van der Waals surface area contributed by atoms with Crippen molar-refractivity contribution in [3.8, 4) is 11.6 Å². The van der Waals surface area contributed by atoms with Gasteiger partial charge in [-0.15, -0.1) is 0 Å². The first-order chi connectivity index (χ1) is 10.1. The van der Waals surface area contributed by atoms with Gasteiger partial charge in [-0.2, -0.15) is 0 Å². The third-order valence-electron chi connectivity index (χ3n) is 3.33. The summed E-state index contributed by atoms with van der Waals surface area (Å²) < 4.78 is 10.9. The molecule has 0 bridgehead atoms. The van der Waals surface area contributed by atoms with Crippen LogP contribution in [0, 0.1) is 13.8 Å². The molecule has 1 aromatic carbocycles. The van der Waals surface area contributed by atoms with Crippen molar-refractivity contribution in [3.63, 3.8) is 0 Å². The first kappa shape index (κ1) is 15.5. The molecule has 1 N–H and O–H groups in total. The Morgan fingerprint density at radius 1 is 1.14 bits per heavy atom. The molecule has 2 rings (SSSR count). The lowest BCUT2D eigenvalue weighted by Crippen LogP contribution is -2.00. The summed E-state index contributed by atoms with van der Waals surface area (Å²) in [5, 5.41) is 9.48. The predicted molar refractivity (Wildman–Crippen MR) is 81.7 cm³/mol. The molecular formula is C17H21NO3. The van der Waals surface area contributed by atoms with Crippen LogP contribution >= 0.6 is 0 Å². The lowest BCUT2D eigenvalue weighted by Gasteiger charge is -2.12. The summed E-state index contributed by atoms with van der Waals surface area (Å²) in [6, 6.07) is 9.77. The van der Waals surface area contributed by atoms with Gasteiger partial charge in [0.1, 0.15) is 5.75 Å². The van der Waals surface area contributed by atoms with Gasteiger partial charge in [-0.3, -0.25) is 0 Å². The second kappa shape index (κ2) is 7.20. The summed E-state index contributed by atoms with van der Waals surface area (Å²) in [5.74, 6) is 1.18. The van der Waals surface area contributed by atoms with Crippen molar-refractivity contribution < 1.29 is 14.6 Å². The van der Waals surface area contributed by atoms with Gasteiger partial charge in [-0.05, 0) is 49.6 Å². The number of aryl methyl sites for hydroxylation is 2. The van der Waals surface area contributed by atoms with Crippen LogP contribution in [-0.4, -0.2) is 23.8 Å². The highest BCUT2D eigenvalue weighted by atomic mass is 16.5. The van der Waals surface area contributed by atoms with E-state index in [2.05, 4.69) is 4.98 Å². The molecule has 0 radical (unpaired) electrons. The number of pyridine rings is 1. The van der Waals surface area contributed by atoms with E-state index in [1.807, 2.05) is 44.2 Å². The Kier molecular flexibility index (Phi) is 5.31. The second-order valence-electron chi connectivity index (χ2n) is 5.01. The van der Waals surface area contributed by atoms with Crippen LogP contribution in [0.2, 0.25) is 0 Å². The van der Waals surface area contributed by atoms with E-state index in [9.17, 15) is 5.11 Å². The summed E-state index contributed by atoms with van der Waals surface area (Å²) in [4.78, 5) is 4.37. The van der Waals surface area contributed by atoms with E-state index < -0.39 is 0 Å². The van der Waals surface area contributed by atoms with Crippen molar-refractivity contribution in [1.82, 2.24) is 4.98 Å². The Balaban J connectivity index is 2.18. The van der Waals surface area contributed by atoms with Crippen molar-refractivity contribution in [1.29, 1.82) is 0 Å². The largest absolute Gasteiger partial charge is 0.439 e. The van der Waals surface area contributed by atoms with Gasteiger partial charge in [0.25, 0.3) is 0 Å². The summed E-state index contributed by atoms with van der Waals surface area (Å²) in [7, 11) is 1.69. The van der Waals surface area contributed by atoms with Gasteiger partial charge in [-0.25, -0.2) is 4.98 Å². The molecule has 0 fully saturated rings. The number of rotatable bonds is 6. The molecule has 0 unspecified atom stereocenters. The normalized spacial score (nSPS) is 10.7. The minimum atomic E-state index is -0.0830. The summed E-state index contributed by atoms with van der Waals surface area (Å²) in [5.41, 5.74) is 3.78. The summed E-state index contributed by atoms with van der Waals surface area (Å²) >= 11 is 0. The average Bonchev–Trinajstić information content (AvgIpc) is 2.46. The van der Waals surface area contributed by atoms with E-state index in [-0.39, 0.29) is 6.61 Å². The number of benzene rings is 1. The molecule has 0 aliphatic rings. The van der Waals surface area contributed by atoms with E-state index in [0.717, 1.165) is 23.2 Å². The number of methoxy groups -OCH3 is 1. The third kappa shape index (κ3) is 4.03. The molecule has 0 aliphatic heterocycles. The van der Waals surface area contributed by atoms with Crippen LogP contribution in [0.5, 0.6) is 11.6 Å². The number of ether oxygens (including phenoxy) is 2. The van der Waals surface area contributed by atoms with Gasteiger partial charge < -0.3 is 14.6 Å². The van der Waals surface area contributed by atoms with E-state index in [0.29, 0.717) is 18.2 Å². The third-order valence-corrected chi connectivity index (χ3v) is 3.33. The lowest BCUT2D eigenvalue weighted by molar-refractivity contribution is 0.202. The van der Waals surface area contributed by atoms with Crippen LogP contribution in [0.25, 0.3) is 0 Å². The van der Waals surface area contributed by atoms with Crippen molar-refractivity contribution in [2.75, 3.05) is 13.7 Å². The summed E-state index contributed by atoms with van der Waals surface area (Å²) in [6.07, 6.45) is 0.875. The minimum absolute atomic E-state index is 0.0830. The van der Waals surface area contributed by atoms with Gasteiger partial charge >= 0.3 is 0 Å². The number of hydrogen-bond acceptors (Lipinski definition) is 4. The average molecular weight is 287 g/mol. The zero-order valence-corrected chi connectivity index (χ0v) is 12.7. The molecule has 2 aromatic rings. The molecular weight excluding hydrogens is 266 g/mol. The highest BCUT2D eigenvalue weighted by Gasteiger charge is 2.10. The maximum absolute atomic E-state index is 9.48. The number of aromatic nitrogens is 1. The number of aliphatic hydroxyl groups is 1. The molecule has 0 aliphatic carbocycles. The predicted octanol–water partition coefficient (Wildman–Crippen LogP) is 3.17. The number of aliphatic hydroxyl groups excluding tert-OH is 1. The quantitative estimate of drug-likeness (QED) is 0.886. The minimum Gasteiger partial charge on any atom is -0.439 e. The molecule has 4 heteroatoms. The number of hydrogen-bond donors (Lipinski definition) is 1. The Morgan fingerprint density at radius 2 is 1.86 bits per heavy atom. The zero-order valence-electron chi connectivity index (χ0n) is 12.7. The molecule has 4 nitrogen and oxygen atoms in total. The van der Waals surface area contributed by atoms with Gasteiger partial charge in [0.15, 0.2) is 0 Å². The molecule has 0 saturated carbocycles. The Morgan fingerprint density at radius 3 is 2.48 bits per heavy atom. The maximum atomic E-state index is 9.48. The fourth-order valence-electron chi connectivity index (χ4n) is 2.16. The first-order valence-electron chi connectivity index (χ1n) is 6.97. The van der Waals surface area contributed by atoms with Crippen molar-refractivity contribution in [2.45, 2.75) is 26.9 Å². The number of nitrogens with zero attached hydrogens (tertiary/aromatic N) is 1. The lowest BCUT2D eigenvalue weighted by atomic mass is 10.1. The van der Waals surface area contributed by atoms with Gasteiger partial charge in [-0.1, -0.05) is 12.1 Å². The second-order valence-corrected chi connectivity index (χ2v) is 5.01. The molecule has 0 saturated heterocycles. The molecule has 21 heavy (non-hydrogen) atoms. The Hall–Kier alpha value is -1.91. The van der Waals surface area contributed by atoms with Crippen LogP contribution in [0.1, 0.15) is 22.4 Å². The monoisotopic (exact) mass is 287 g/mol. The fraction of sp³-hybridized carbons (Fsp3) is 0.353. The van der Waals surface area contributed by atoms with Crippen molar-refractivity contribution in [2.24, 2.45) is 0 Å². The van der Waals surface area contributed by atoms with Crippen LogP contribution < -0.4 is 4.74 Å².